The first-order valence-electron chi connectivity index (χ1n) is 4.95. The Morgan fingerprint density at radius 1 is 1.41 bits per heavy atom. The maximum Gasteiger partial charge on any atom is 0.329 e. The zero-order valence-corrected chi connectivity index (χ0v) is 12.4. The summed E-state index contributed by atoms with van der Waals surface area (Å²) >= 11 is 5.39. The molecule has 0 spiro atoms. The third-order valence-electron chi connectivity index (χ3n) is 2.69. The summed E-state index contributed by atoms with van der Waals surface area (Å²) in [5.74, 6) is -1.32. The lowest BCUT2D eigenvalue weighted by molar-refractivity contribution is -0.140. The van der Waals surface area contributed by atoms with Gasteiger partial charge < -0.3 is 10.4 Å². The summed E-state index contributed by atoms with van der Waals surface area (Å²) < 4.78 is 1.59. The minimum Gasteiger partial charge on any atom is -0.480 e. The summed E-state index contributed by atoms with van der Waals surface area (Å²) in [5.41, 5.74) is -0.581. The molecule has 17 heavy (non-hydrogen) atoms. The average molecular weight is 410 g/mol. The molecule has 6 heteroatoms. The SMILES string of the molecule is O=C(NC1(C(=O)O)CC1)c1cc(I)ccc1Br. The van der Waals surface area contributed by atoms with Crippen molar-refractivity contribution in [2.75, 3.05) is 0 Å². The molecule has 0 aliphatic heterocycles. The lowest BCUT2D eigenvalue weighted by Gasteiger charge is -2.13. The van der Waals surface area contributed by atoms with Gasteiger partial charge in [0.15, 0.2) is 0 Å². The average Bonchev–Trinajstić information content (AvgIpc) is 3.02. The van der Waals surface area contributed by atoms with Gasteiger partial charge in [-0.05, 0) is 69.6 Å². The first-order chi connectivity index (χ1) is 7.94. The van der Waals surface area contributed by atoms with Crippen LogP contribution in [0.1, 0.15) is 23.2 Å². The molecule has 1 saturated carbocycles. The molecule has 0 saturated heterocycles. The van der Waals surface area contributed by atoms with Crippen LogP contribution in [-0.4, -0.2) is 22.5 Å². The van der Waals surface area contributed by atoms with Crippen molar-refractivity contribution < 1.29 is 14.7 Å². The fourth-order valence-electron chi connectivity index (χ4n) is 1.47. The van der Waals surface area contributed by atoms with E-state index in [1.165, 1.54) is 0 Å². The molecule has 1 aromatic carbocycles. The number of hydrogen-bond donors (Lipinski definition) is 2. The Bertz CT molecular complexity index is 499. The van der Waals surface area contributed by atoms with Crippen molar-refractivity contribution in [1.82, 2.24) is 5.32 Å². The molecule has 1 aliphatic rings. The maximum absolute atomic E-state index is 12.0. The van der Waals surface area contributed by atoms with E-state index in [1.54, 1.807) is 12.1 Å². The summed E-state index contributed by atoms with van der Waals surface area (Å²) in [7, 11) is 0. The molecule has 1 amide bonds. The van der Waals surface area contributed by atoms with E-state index < -0.39 is 11.5 Å². The number of amides is 1. The fourth-order valence-corrected chi connectivity index (χ4v) is 2.39. The number of carbonyl (C=O) groups excluding carboxylic acids is 1. The van der Waals surface area contributed by atoms with Crippen LogP contribution in [0, 0.1) is 3.57 Å². The normalized spacial score (nSPS) is 16.4. The van der Waals surface area contributed by atoms with Gasteiger partial charge in [0.05, 0.1) is 5.56 Å². The predicted molar refractivity (Wildman–Crippen MR) is 73.9 cm³/mol. The van der Waals surface area contributed by atoms with Crippen molar-refractivity contribution in [2.24, 2.45) is 0 Å². The molecule has 2 rings (SSSR count). The fraction of sp³-hybridized carbons (Fsp3) is 0.273. The zero-order valence-electron chi connectivity index (χ0n) is 8.67. The minimum absolute atomic E-state index is 0.352. The van der Waals surface area contributed by atoms with Crippen LogP contribution in [0.5, 0.6) is 0 Å². The molecule has 0 aromatic heterocycles. The molecule has 1 aromatic rings. The van der Waals surface area contributed by atoms with E-state index in [4.69, 9.17) is 5.11 Å². The van der Waals surface area contributed by atoms with E-state index in [1.807, 2.05) is 6.07 Å². The van der Waals surface area contributed by atoms with Gasteiger partial charge in [-0.1, -0.05) is 0 Å². The van der Waals surface area contributed by atoms with Gasteiger partial charge in [-0.15, -0.1) is 0 Å². The van der Waals surface area contributed by atoms with Crippen molar-refractivity contribution >= 4 is 50.4 Å². The van der Waals surface area contributed by atoms with Crippen LogP contribution in [0.15, 0.2) is 22.7 Å². The second kappa shape index (κ2) is 4.56. The zero-order chi connectivity index (χ0) is 12.6. The maximum atomic E-state index is 12.0. The topological polar surface area (TPSA) is 66.4 Å². The highest BCUT2D eigenvalue weighted by Crippen LogP contribution is 2.36. The Labute approximate surface area is 120 Å². The molecule has 1 aliphatic carbocycles. The van der Waals surface area contributed by atoms with Crippen molar-refractivity contribution in [1.29, 1.82) is 0 Å². The molecule has 4 nitrogen and oxygen atoms in total. The van der Waals surface area contributed by atoms with E-state index >= 15 is 0 Å². The molecular formula is C11H9BrINO3. The Hall–Kier alpha value is -0.630. The lowest BCUT2D eigenvalue weighted by atomic mass is 10.2. The molecule has 90 valence electrons. The number of halogens is 2. The van der Waals surface area contributed by atoms with Gasteiger partial charge in [-0.2, -0.15) is 0 Å². The minimum atomic E-state index is -1.04. The predicted octanol–water partition coefficient (Wildman–Crippen LogP) is 2.40. The summed E-state index contributed by atoms with van der Waals surface area (Å²) in [6.07, 6.45) is 0.991. The highest BCUT2D eigenvalue weighted by Gasteiger charge is 2.51. The van der Waals surface area contributed by atoms with Crippen LogP contribution in [0.25, 0.3) is 0 Å². The third kappa shape index (κ3) is 2.62. The molecule has 0 radical (unpaired) electrons. The van der Waals surface area contributed by atoms with Gasteiger partial charge in [0.25, 0.3) is 5.91 Å². The highest BCUT2D eigenvalue weighted by atomic mass is 127. The van der Waals surface area contributed by atoms with Gasteiger partial charge in [-0.3, -0.25) is 4.79 Å². The smallest absolute Gasteiger partial charge is 0.329 e. The number of rotatable bonds is 3. The van der Waals surface area contributed by atoms with Crippen LogP contribution in [-0.2, 0) is 4.79 Å². The summed E-state index contributed by atoms with van der Waals surface area (Å²) in [6, 6.07) is 5.36. The molecule has 0 atom stereocenters. The van der Waals surface area contributed by atoms with Crippen LogP contribution < -0.4 is 5.32 Å². The van der Waals surface area contributed by atoms with Crippen molar-refractivity contribution in [3.63, 3.8) is 0 Å². The van der Waals surface area contributed by atoms with E-state index in [-0.39, 0.29) is 5.91 Å². The molecule has 0 bridgehead atoms. The Kier molecular flexibility index (Phi) is 3.44. The number of nitrogens with one attached hydrogen (secondary N) is 1. The molecule has 0 heterocycles. The second-order valence-corrected chi connectivity index (χ2v) is 6.07. The van der Waals surface area contributed by atoms with Gasteiger partial charge in [0, 0.05) is 8.04 Å². The first kappa shape index (κ1) is 12.8. The van der Waals surface area contributed by atoms with Gasteiger partial charge >= 0.3 is 5.97 Å². The monoisotopic (exact) mass is 409 g/mol. The molecular weight excluding hydrogens is 401 g/mol. The van der Waals surface area contributed by atoms with Crippen molar-refractivity contribution in [3.05, 3.63) is 31.8 Å². The van der Waals surface area contributed by atoms with Crippen molar-refractivity contribution in [2.45, 2.75) is 18.4 Å². The quantitative estimate of drug-likeness (QED) is 0.753. The molecule has 0 unspecified atom stereocenters. The van der Waals surface area contributed by atoms with E-state index in [0.29, 0.717) is 22.9 Å². The van der Waals surface area contributed by atoms with Gasteiger partial charge in [0.2, 0.25) is 0 Å². The second-order valence-electron chi connectivity index (χ2n) is 3.97. The van der Waals surface area contributed by atoms with Crippen LogP contribution in [0.3, 0.4) is 0 Å². The standard InChI is InChI=1S/C11H9BrINO3/c12-8-2-1-6(13)5-7(8)9(15)14-11(3-4-11)10(16)17/h1-2,5H,3-4H2,(H,14,15)(H,16,17). The Morgan fingerprint density at radius 2 is 2.06 bits per heavy atom. The number of carboxylic acids is 1. The number of carbonyl (C=O) groups is 2. The van der Waals surface area contributed by atoms with E-state index in [2.05, 4.69) is 43.8 Å². The van der Waals surface area contributed by atoms with Gasteiger partial charge in [0.1, 0.15) is 5.54 Å². The Balaban J connectivity index is 2.21. The summed E-state index contributed by atoms with van der Waals surface area (Å²) in [6.45, 7) is 0. The molecule has 1 fully saturated rings. The number of carboxylic acid groups (broad SMARTS) is 1. The van der Waals surface area contributed by atoms with E-state index in [9.17, 15) is 9.59 Å². The van der Waals surface area contributed by atoms with Crippen LogP contribution >= 0.6 is 38.5 Å². The van der Waals surface area contributed by atoms with Gasteiger partial charge in [-0.25, -0.2) is 4.79 Å². The van der Waals surface area contributed by atoms with E-state index in [0.717, 1.165) is 3.57 Å². The number of benzene rings is 1. The summed E-state index contributed by atoms with van der Waals surface area (Å²) in [5, 5.41) is 11.6. The third-order valence-corrected chi connectivity index (χ3v) is 4.05. The molecule has 2 N–H and O–H groups in total. The van der Waals surface area contributed by atoms with Crippen LogP contribution in [0.2, 0.25) is 0 Å². The van der Waals surface area contributed by atoms with Crippen molar-refractivity contribution in [3.8, 4) is 0 Å². The largest absolute Gasteiger partial charge is 0.480 e. The summed E-state index contributed by atoms with van der Waals surface area (Å²) in [4.78, 5) is 22.9. The number of hydrogen-bond acceptors (Lipinski definition) is 2. The lowest BCUT2D eigenvalue weighted by Crippen LogP contribution is -2.43. The first-order valence-corrected chi connectivity index (χ1v) is 6.83. The van der Waals surface area contributed by atoms with Crippen LogP contribution in [0.4, 0.5) is 0 Å². The number of aliphatic carboxylic acids is 1. The Morgan fingerprint density at radius 3 is 2.59 bits per heavy atom. The highest BCUT2D eigenvalue weighted by molar-refractivity contribution is 14.1.